The molecule has 2 aromatic rings. The van der Waals surface area contributed by atoms with Gasteiger partial charge in [-0.05, 0) is 36.1 Å². The zero-order valence-electron chi connectivity index (χ0n) is 16.9. The third-order valence-corrected chi connectivity index (χ3v) is 6.36. The van der Waals surface area contributed by atoms with Crippen LogP contribution < -0.4 is 15.4 Å². The summed E-state index contributed by atoms with van der Waals surface area (Å²) in [5.74, 6) is 0.588. The molecule has 0 aliphatic heterocycles. The van der Waals surface area contributed by atoms with Gasteiger partial charge in [0.2, 0.25) is 10.0 Å². The molecule has 9 heteroatoms. The maximum atomic E-state index is 12.2. The number of aliphatic hydroxyl groups excluding tert-OH is 1. The number of nitrogens with one attached hydrogen (secondary N) is 3. The van der Waals surface area contributed by atoms with Gasteiger partial charge in [-0.2, -0.15) is 0 Å². The Morgan fingerprint density at radius 2 is 1.77 bits per heavy atom. The number of aliphatic hydroxyl groups is 1. The number of nitrogens with zero attached hydrogens (tertiary/aromatic N) is 1. The summed E-state index contributed by atoms with van der Waals surface area (Å²) in [5, 5.41) is 16.1. The minimum Gasteiger partial charge on any atom is -0.396 e. The average Bonchev–Trinajstić information content (AvgIpc) is 3.55. The van der Waals surface area contributed by atoms with E-state index in [-0.39, 0.29) is 47.4 Å². The lowest BCUT2D eigenvalue weighted by Crippen LogP contribution is -2.39. The molecular formula is C21H29IN4O3S. The van der Waals surface area contributed by atoms with Crippen LogP contribution >= 0.6 is 24.0 Å². The summed E-state index contributed by atoms with van der Waals surface area (Å²) < 4.78 is 27.1. The lowest BCUT2D eigenvalue weighted by atomic mass is 10.0. The van der Waals surface area contributed by atoms with Gasteiger partial charge in [0.1, 0.15) is 0 Å². The molecule has 1 atom stereocenters. The van der Waals surface area contributed by atoms with E-state index in [0.29, 0.717) is 19.0 Å². The summed E-state index contributed by atoms with van der Waals surface area (Å²) in [5.41, 5.74) is 2.01. The first kappa shape index (κ1) is 24.6. The van der Waals surface area contributed by atoms with Gasteiger partial charge < -0.3 is 15.7 Å². The molecule has 1 saturated carbocycles. The average molecular weight is 544 g/mol. The minimum atomic E-state index is -3.43. The van der Waals surface area contributed by atoms with E-state index >= 15 is 0 Å². The van der Waals surface area contributed by atoms with Crippen molar-refractivity contribution < 1.29 is 13.5 Å². The molecule has 1 fully saturated rings. The third kappa shape index (κ3) is 7.22. The van der Waals surface area contributed by atoms with Gasteiger partial charge in [0, 0.05) is 32.1 Å². The van der Waals surface area contributed by atoms with Crippen LogP contribution in [0.5, 0.6) is 0 Å². The molecule has 1 aliphatic carbocycles. The number of hydrogen-bond donors (Lipinski definition) is 4. The summed E-state index contributed by atoms with van der Waals surface area (Å²) in [6, 6.07) is 16.8. The molecule has 0 bridgehead atoms. The van der Waals surface area contributed by atoms with E-state index < -0.39 is 10.0 Å². The second-order valence-corrected chi connectivity index (χ2v) is 8.85. The van der Waals surface area contributed by atoms with Gasteiger partial charge >= 0.3 is 0 Å². The third-order valence-electron chi connectivity index (χ3n) is 4.82. The quantitative estimate of drug-likeness (QED) is 0.220. The zero-order valence-corrected chi connectivity index (χ0v) is 20.1. The van der Waals surface area contributed by atoms with Crippen LogP contribution in [0.15, 0.2) is 64.5 Å². The van der Waals surface area contributed by atoms with Gasteiger partial charge in [-0.15, -0.1) is 24.0 Å². The Morgan fingerprint density at radius 3 is 2.33 bits per heavy atom. The maximum absolute atomic E-state index is 12.2. The van der Waals surface area contributed by atoms with Crippen LogP contribution in [0.2, 0.25) is 0 Å². The lowest BCUT2D eigenvalue weighted by Gasteiger charge is -2.18. The summed E-state index contributed by atoms with van der Waals surface area (Å²) in [6.45, 7) is 1.09. The van der Waals surface area contributed by atoms with E-state index in [1.165, 1.54) is 0 Å². The van der Waals surface area contributed by atoms with E-state index in [1.54, 1.807) is 31.3 Å². The standard InChI is InChI=1S/C21H28N4O3S.HI/c1-22-21(24-14-18(15-26)17-5-3-2-4-6-17)23-13-16-7-11-20(12-8-16)29(27,28)25-19-9-10-19;/h2-8,11-12,18-19,25-26H,9-10,13-15H2,1H3,(H2,22,23,24);1H. The molecule has 3 rings (SSSR count). The minimum absolute atomic E-state index is 0. The van der Waals surface area contributed by atoms with Gasteiger partial charge in [-0.1, -0.05) is 42.5 Å². The molecule has 30 heavy (non-hydrogen) atoms. The largest absolute Gasteiger partial charge is 0.396 e. The first-order valence-electron chi connectivity index (χ1n) is 9.73. The Kier molecular flexibility index (Phi) is 9.53. The first-order valence-corrected chi connectivity index (χ1v) is 11.2. The number of benzene rings is 2. The summed E-state index contributed by atoms with van der Waals surface area (Å²) in [7, 11) is -1.74. The number of rotatable bonds is 9. The number of guanidine groups is 1. The van der Waals surface area contributed by atoms with Crippen LogP contribution in [0.3, 0.4) is 0 Å². The molecule has 0 amide bonds. The lowest BCUT2D eigenvalue weighted by molar-refractivity contribution is 0.265. The van der Waals surface area contributed by atoms with E-state index in [1.807, 2.05) is 30.3 Å². The van der Waals surface area contributed by atoms with Crippen LogP contribution in [0.4, 0.5) is 0 Å². The fraction of sp³-hybridized carbons (Fsp3) is 0.381. The highest BCUT2D eigenvalue weighted by Crippen LogP contribution is 2.22. The van der Waals surface area contributed by atoms with Crippen molar-refractivity contribution in [2.45, 2.75) is 36.2 Å². The molecule has 7 nitrogen and oxygen atoms in total. The van der Waals surface area contributed by atoms with Crippen LogP contribution in [-0.2, 0) is 16.6 Å². The predicted molar refractivity (Wildman–Crippen MR) is 130 cm³/mol. The summed E-state index contributed by atoms with van der Waals surface area (Å²) >= 11 is 0. The van der Waals surface area contributed by atoms with Gasteiger partial charge in [-0.25, -0.2) is 13.1 Å². The summed E-state index contributed by atoms with van der Waals surface area (Å²) in [4.78, 5) is 4.49. The molecule has 0 saturated heterocycles. The molecule has 0 radical (unpaired) electrons. The number of hydrogen-bond acceptors (Lipinski definition) is 4. The van der Waals surface area contributed by atoms with E-state index in [4.69, 9.17) is 0 Å². The second kappa shape index (κ2) is 11.6. The molecule has 1 unspecified atom stereocenters. The highest BCUT2D eigenvalue weighted by Gasteiger charge is 2.27. The van der Waals surface area contributed by atoms with Crippen molar-refractivity contribution in [3.05, 3.63) is 65.7 Å². The van der Waals surface area contributed by atoms with Gasteiger partial charge in [0.25, 0.3) is 0 Å². The van der Waals surface area contributed by atoms with Crippen LogP contribution in [0.25, 0.3) is 0 Å². The normalized spacial score (nSPS) is 15.2. The smallest absolute Gasteiger partial charge is 0.240 e. The van der Waals surface area contributed by atoms with Crippen molar-refractivity contribution in [3.63, 3.8) is 0 Å². The highest BCUT2D eigenvalue weighted by molar-refractivity contribution is 14.0. The van der Waals surface area contributed by atoms with Crippen molar-refractivity contribution in [3.8, 4) is 0 Å². The molecule has 0 aromatic heterocycles. The van der Waals surface area contributed by atoms with Crippen molar-refractivity contribution >= 4 is 40.0 Å². The van der Waals surface area contributed by atoms with Crippen LogP contribution in [0.1, 0.15) is 29.9 Å². The van der Waals surface area contributed by atoms with E-state index in [0.717, 1.165) is 24.0 Å². The highest BCUT2D eigenvalue weighted by atomic mass is 127. The molecule has 4 N–H and O–H groups in total. The van der Waals surface area contributed by atoms with Crippen molar-refractivity contribution in [2.24, 2.45) is 4.99 Å². The van der Waals surface area contributed by atoms with E-state index in [9.17, 15) is 13.5 Å². The van der Waals surface area contributed by atoms with Gasteiger partial charge in [0.05, 0.1) is 11.5 Å². The molecule has 0 heterocycles. The predicted octanol–water partition coefficient (Wildman–Crippen LogP) is 2.19. The van der Waals surface area contributed by atoms with Gasteiger partial charge in [0.15, 0.2) is 5.96 Å². The summed E-state index contributed by atoms with van der Waals surface area (Å²) in [6.07, 6.45) is 1.82. The Hall–Kier alpha value is -1.69. The fourth-order valence-electron chi connectivity index (χ4n) is 2.91. The van der Waals surface area contributed by atoms with Crippen LogP contribution in [-0.4, -0.2) is 45.7 Å². The van der Waals surface area contributed by atoms with Crippen molar-refractivity contribution in [1.82, 2.24) is 15.4 Å². The van der Waals surface area contributed by atoms with Crippen molar-refractivity contribution in [1.29, 1.82) is 0 Å². The number of sulfonamides is 1. The SMILES string of the molecule is CN=C(NCc1ccc(S(=O)(=O)NC2CC2)cc1)NCC(CO)c1ccccc1.I. The Balaban J connectivity index is 0.00000320. The molecule has 2 aromatic carbocycles. The van der Waals surface area contributed by atoms with Crippen LogP contribution in [0, 0.1) is 0 Å². The second-order valence-electron chi connectivity index (χ2n) is 7.14. The first-order chi connectivity index (χ1) is 14.0. The van der Waals surface area contributed by atoms with E-state index in [2.05, 4.69) is 20.3 Å². The van der Waals surface area contributed by atoms with Crippen molar-refractivity contribution in [2.75, 3.05) is 20.2 Å². The number of halogens is 1. The molecule has 0 spiro atoms. The topological polar surface area (TPSA) is 103 Å². The molecular weight excluding hydrogens is 515 g/mol. The van der Waals surface area contributed by atoms with Gasteiger partial charge in [-0.3, -0.25) is 4.99 Å². The molecule has 164 valence electrons. The fourth-order valence-corrected chi connectivity index (χ4v) is 4.22. The number of aliphatic imine (C=N–C) groups is 1. The molecule has 1 aliphatic rings. The maximum Gasteiger partial charge on any atom is 0.240 e. The zero-order chi connectivity index (χ0) is 20.7. The Labute approximate surface area is 195 Å². The monoisotopic (exact) mass is 544 g/mol. The Bertz CT molecular complexity index is 917. The Morgan fingerprint density at radius 1 is 1.10 bits per heavy atom.